The van der Waals surface area contributed by atoms with Crippen molar-refractivity contribution in [3.8, 4) is 17.2 Å². The van der Waals surface area contributed by atoms with Gasteiger partial charge in [-0.2, -0.15) is 5.10 Å². The van der Waals surface area contributed by atoms with Gasteiger partial charge in [0.15, 0.2) is 23.9 Å². The first-order valence-corrected chi connectivity index (χ1v) is 8.85. The van der Waals surface area contributed by atoms with Crippen LogP contribution in [0.5, 0.6) is 11.5 Å². The molecule has 0 spiro atoms. The van der Waals surface area contributed by atoms with E-state index < -0.39 is 0 Å². The topological polar surface area (TPSA) is 65.4 Å². The fourth-order valence-corrected chi connectivity index (χ4v) is 3.14. The number of amides is 1. The zero-order chi connectivity index (χ0) is 18.9. The van der Waals surface area contributed by atoms with Crippen molar-refractivity contribution in [2.24, 2.45) is 0 Å². The Morgan fingerprint density at radius 2 is 2.00 bits per heavy atom. The summed E-state index contributed by atoms with van der Waals surface area (Å²) in [5.74, 6) is 1.51. The molecule has 1 aliphatic rings. The number of hydrogen-bond donors (Lipinski definition) is 1. The fraction of sp³-hybridized carbons (Fsp3) is 0.238. The molecule has 1 aromatic heterocycles. The molecule has 27 heavy (non-hydrogen) atoms. The Balaban J connectivity index is 1.38. The van der Waals surface area contributed by atoms with Gasteiger partial charge in [-0.1, -0.05) is 30.3 Å². The van der Waals surface area contributed by atoms with E-state index in [9.17, 15) is 4.79 Å². The summed E-state index contributed by atoms with van der Waals surface area (Å²) in [6.07, 6.45) is 2.62. The van der Waals surface area contributed by atoms with Gasteiger partial charge in [0, 0.05) is 24.2 Å². The van der Waals surface area contributed by atoms with E-state index in [1.165, 1.54) is 0 Å². The van der Waals surface area contributed by atoms with Gasteiger partial charge in [-0.15, -0.1) is 0 Å². The number of aromatic nitrogens is 2. The molecular formula is C21H21N3O3. The number of fused-ring (bicyclic) bond motifs is 1. The average molecular weight is 363 g/mol. The number of nitrogens with zero attached hydrogens (tertiary/aromatic N) is 2. The molecule has 0 saturated carbocycles. The number of carbonyl (C=O) groups excluding carboxylic acids is 1. The molecule has 2 heterocycles. The Kier molecular flexibility index (Phi) is 4.32. The van der Waals surface area contributed by atoms with Crippen LogP contribution in [-0.2, 0) is 11.2 Å². The molecule has 0 saturated heterocycles. The number of carbonyl (C=O) groups is 1. The van der Waals surface area contributed by atoms with Crippen molar-refractivity contribution in [3.05, 3.63) is 66.4 Å². The van der Waals surface area contributed by atoms with E-state index >= 15 is 0 Å². The Bertz CT molecular complexity index is 964. The molecule has 0 bridgehead atoms. The lowest BCUT2D eigenvalue weighted by Gasteiger charge is -2.18. The molecule has 0 aliphatic carbocycles. The predicted molar refractivity (Wildman–Crippen MR) is 103 cm³/mol. The lowest BCUT2D eigenvalue weighted by molar-refractivity contribution is -0.118. The Morgan fingerprint density at radius 3 is 2.81 bits per heavy atom. The monoisotopic (exact) mass is 363 g/mol. The van der Waals surface area contributed by atoms with Gasteiger partial charge in [0.1, 0.15) is 5.60 Å². The minimum absolute atomic E-state index is 0.113. The number of rotatable bonds is 5. The minimum atomic E-state index is -0.275. The smallest absolute Gasteiger partial charge is 0.263 e. The largest absolute Gasteiger partial charge is 0.483 e. The van der Waals surface area contributed by atoms with E-state index in [4.69, 9.17) is 9.47 Å². The number of para-hydroxylation sites is 2. The van der Waals surface area contributed by atoms with Crippen molar-refractivity contribution in [1.82, 2.24) is 9.78 Å². The van der Waals surface area contributed by atoms with Crippen LogP contribution < -0.4 is 14.8 Å². The standard InChI is InChI=1S/C21H21N3O3/c1-21(2)13-15-7-6-10-17(20(15)27-21)26-14-19(25)22-18-11-12-24(23-18)16-8-4-3-5-9-16/h3-12H,13-14H2,1-2H3,(H,22,23,25). The molecule has 3 aromatic rings. The molecule has 0 atom stereocenters. The van der Waals surface area contributed by atoms with Crippen LogP contribution in [0.25, 0.3) is 5.69 Å². The first-order valence-electron chi connectivity index (χ1n) is 8.85. The molecule has 1 amide bonds. The zero-order valence-electron chi connectivity index (χ0n) is 15.3. The Labute approximate surface area is 157 Å². The summed E-state index contributed by atoms with van der Waals surface area (Å²) in [6, 6.07) is 17.2. The molecule has 0 unspecified atom stereocenters. The second-order valence-corrected chi connectivity index (χ2v) is 7.10. The van der Waals surface area contributed by atoms with E-state index in [0.717, 1.165) is 23.4 Å². The highest BCUT2D eigenvalue weighted by atomic mass is 16.5. The van der Waals surface area contributed by atoms with Crippen LogP contribution in [0.1, 0.15) is 19.4 Å². The van der Waals surface area contributed by atoms with Gasteiger partial charge in [-0.25, -0.2) is 4.68 Å². The van der Waals surface area contributed by atoms with E-state index in [1.807, 2.05) is 62.4 Å². The summed E-state index contributed by atoms with van der Waals surface area (Å²) in [5, 5.41) is 7.11. The molecule has 6 heteroatoms. The first-order chi connectivity index (χ1) is 13.0. The number of benzene rings is 2. The Morgan fingerprint density at radius 1 is 1.19 bits per heavy atom. The summed E-state index contributed by atoms with van der Waals surface area (Å²) in [5.41, 5.74) is 1.77. The van der Waals surface area contributed by atoms with E-state index in [1.54, 1.807) is 16.9 Å². The highest BCUT2D eigenvalue weighted by molar-refractivity contribution is 5.91. The highest BCUT2D eigenvalue weighted by Gasteiger charge is 2.32. The van der Waals surface area contributed by atoms with E-state index in [2.05, 4.69) is 10.4 Å². The highest BCUT2D eigenvalue weighted by Crippen LogP contribution is 2.41. The van der Waals surface area contributed by atoms with E-state index in [-0.39, 0.29) is 18.1 Å². The number of anilines is 1. The van der Waals surface area contributed by atoms with Crippen LogP contribution >= 0.6 is 0 Å². The van der Waals surface area contributed by atoms with Gasteiger partial charge in [0.25, 0.3) is 5.91 Å². The van der Waals surface area contributed by atoms with Crippen LogP contribution in [0.15, 0.2) is 60.8 Å². The molecule has 138 valence electrons. The minimum Gasteiger partial charge on any atom is -0.483 e. The van der Waals surface area contributed by atoms with Gasteiger partial charge < -0.3 is 14.8 Å². The molecule has 6 nitrogen and oxygen atoms in total. The molecule has 1 N–H and O–H groups in total. The summed E-state index contributed by atoms with van der Waals surface area (Å²) in [4.78, 5) is 12.2. The van der Waals surface area contributed by atoms with Gasteiger partial charge in [0.2, 0.25) is 0 Å². The molecule has 4 rings (SSSR count). The van der Waals surface area contributed by atoms with Gasteiger partial charge >= 0.3 is 0 Å². The first kappa shape index (κ1) is 17.1. The van der Waals surface area contributed by atoms with Gasteiger partial charge in [0.05, 0.1) is 5.69 Å². The maximum atomic E-state index is 12.2. The van der Waals surface area contributed by atoms with Crippen molar-refractivity contribution < 1.29 is 14.3 Å². The second kappa shape index (κ2) is 6.79. The van der Waals surface area contributed by atoms with Crippen LogP contribution in [0.2, 0.25) is 0 Å². The Hall–Kier alpha value is -3.28. The third kappa shape index (κ3) is 3.79. The fourth-order valence-electron chi connectivity index (χ4n) is 3.14. The van der Waals surface area contributed by atoms with Crippen molar-refractivity contribution in [2.75, 3.05) is 11.9 Å². The van der Waals surface area contributed by atoms with Crippen LogP contribution in [0, 0.1) is 0 Å². The summed E-state index contributed by atoms with van der Waals surface area (Å²) in [6.45, 7) is 3.96. The van der Waals surface area contributed by atoms with Crippen LogP contribution in [-0.4, -0.2) is 27.9 Å². The quantitative estimate of drug-likeness (QED) is 0.752. The number of hydrogen-bond acceptors (Lipinski definition) is 4. The van der Waals surface area contributed by atoms with Gasteiger partial charge in [-0.3, -0.25) is 4.79 Å². The lowest BCUT2D eigenvalue weighted by atomic mass is 10.0. The number of nitrogens with one attached hydrogen (secondary N) is 1. The zero-order valence-corrected chi connectivity index (χ0v) is 15.3. The van der Waals surface area contributed by atoms with Crippen molar-refractivity contribution in [3.63, 3.8) is 0 Å². The SMILES string of the molecule is CC1(C)Cc2cccc(OCC(=O)Nc3ccn(-c4ccccc4)n3)c2O1. The average Bonchev–Trinajstić information content (AvgIpc) is 3.23. The third-order valence-corrected chi connectivity index (χ3v) is 4.29. The van der Waals surface area contributed by atoms with Crippen molar-refractivity contribution in [2.45, 2.75) is 25.9 Å². The summed E-state index contributed by atoms with van der Waals surface area (Å²) < 4.78 is 13.4. The lowest BCUT2D eigenvalue weighted by Crippen LogP contribution is -2.25. The van der Waals surface area contributed by atoms with E-state index in [0.29, 0.717) is 11.6 Å². The summed E-state index contributed by atoms with van der Waals surface area (Å²) in [7, 11) is 0. The maximum Gasteiger partial charge on any atom is 0.263 e. The molecule has 2 aromatic carbocycles. The van der Waals surface area contributed by atoms with Crippen molar-refractivity contribution in [1.29, 1.82) is 0 Å². The summed E-state index contributed by atoms with van der Waals surface area (Å²) >= 11 is 0. The molecular weight excluding hydrogens is 342 g/mol. The second-order valence-electron chi connectivity index (χ2n) is 7.10. The maximum absolute atomic E-state index is 12.2. The number of ether oxygens (including phenoxy) is 2. The predicted octanol–water partition coefficient (Wildman–Crippen LogP) is 3.60. The van der Waals surface area contributed by atoms with Crippen LogP contribution in [0.3, 0.4) is 0 Å². The van der Waals surface area contributed by atoms with Gasteiger partial charge in [-0.05, 0) is 32.0 Å². The molecule has 0 fully saturated rings. The van der Waals surface area contributed by atoms with Crippen LogP contribution in [0.4, 0.5) is 5.82 Å². The molecule has 1 aliphatic heterocycles. The molecule has 0 radical (unpaired) electrons. The normalized spacial score (nSPS) is 14.3. The third-order valence-electron chi connectivity index (χ3n) is 4.29. The van der Waals surface area contributed by atoms with Crippen molar-refractivity contribution >= 4 is 11.7 Å².